The molecule has 3 heteroatoms. The SMILES string of the molecule is NC(c1ccc2c(c1)CCCS2)C1CNC1. The molecular weight excluding hydrogens is 216 g/mol. The maximum atomic E-state index is 6.29. The van der Waals surface area contributed by atoms with Crippen molar-refractivity contribution < 1.29 is 0 Å². The maximum Gasteiger partial charge on any atom is 0.0348 e. The number of benzene rings is 1. The second-order valence-corrected chi connectivity index (χ2v) is 5.90. The van der Waals surface area contributed by atoms with E-state index >= 15 is 0 Å². The molecule has 0 saturated carbocycles. The third-order valence-corrected chi connectivity index (χ3v) is 4.84. The summed E-state index contributed by atoms with van der Waals surface area (Å²) in [5, 5.41) is 3.29. The van der Waals surface area contributed by atoms with Gasteiger partial charge in [0.2, 0.25) is 0 Å². The molecule has 0 amide bonds. The zero-order valence-corrected chi connectivity index (χ0v) is 10.2. The van der Waals surface area contributed by atoms with Crippen LogP contribution in [-0.4, -0.2) is 18.8 Å². The molecule has 1 aromatic carbocycles. The minimum atomic E-state index is 0.221. The molecule has 3 N–H and O–H groups in total. The van der Waals surface area contributed by atoms with Crippen molar-refractivity contribution in [1.82, 2.24) is 5.32 Å². The third-order valence-electron chi connectivity index (χ3n) is 3.64. The van der Waals surface area contributed by atoms with Crippen LogP contribution < -0.4 is 11.1 Å². The van der Waals surface area contributed by atoms with Crippen LogP contribution in [0.3, 0.4) is 0 Å². The molecule has 1 atom stereocenters. The fourth-order valence-corrected chi connectivity index (χ4v) is 3.44. The van der Waals surface area contributed by atoms with Crippen molar-refractivity contribution in [2.75, 3.05) is 18.8 Å². The number of nitrogens with two attached hydrogens (primary N) is 1. The highest BCUT2D eigenvalue weighted by atomic mass is 32.2. The summed E-state index contributed by atoms with van der Waals surface area (Å²) in [5.74, 6) is 1.90. The van der Waals surface area contributed by atoms with Gasteiger partial charge < -0.3 is 11.1 Å². The number of nitrogens with one attached hydrogen (secondary N) is 1. The van der Waals surface area contributed by atoms with Crippen LogP contribution in [0, 0.1) is 5.92 Å². The molecule has 1 unspecified atom stereocenters. The highest BCUT2D eigenvalue weighted by Gasteiger charge is 2.25. The predicted molar refractivity (Wildman–Crippen MR) is 68.8 cm³/mol. The molecule has 86 valence electrons. The van der Waals surface area contributed by atoms with Gasteiger partial charge in [-0.1, -0.05) is 12.1 Å². The van der Waals surface area contributed by atoms with Crippen LogP contribution in [0.4, 0.5) is 0 Å². The van der Waals surface area contributed by atoms with Crippen molar-refractivity contribution in [3.05, 3.63) is 29.3 Å². The van der Waals surface area contributed by atoms with Gasteiger partial charge >= 0.3 is 0 Å². The number of rotatable bonds is 2. The van der Waals surface area contributed by atoms with Crippen LogP contribution >= 0.6 is 11.8 Å². The highest BCUT2D eigenvalue weighted by molar-refractivity contribution is 7.99. The molecule has 2 heterocycles. The standard InChI is InChI=1S/C13H18N2S/c14-13(11-7-15-8-11)10-3-4-12-9(6-10)2-1-5-16-12/h3-4,6,11,13,15H,1-2,5,7-8,14H2. The first-order valence-electron chi connectivity index (χ1n) is 6.06. The number of fused-ring (bicyclic) bond motifs is 1. The highest BCUT2D eigenvalue weighted by Crippen LogP contribution is 2.33. The number of thioether (sulfide) groups is 1. The van der Waals surface area contributed by atoms with E-state index in [0.717, 1.165) is 13.1 Å². The number of hydrogen-bond donors (Lipinski definition) is 2. The molecule has 16 heavy (non-hydrogen) atoms. The Kier molecular flexibility index (Phi) is 2.92. The normalized spacial score (nSPS) is 22.3. The molecular formula is C13H18N2S. The predicted octanol–water partition coefficient (Wildman–Crippen LogP) is 1.94. The minimum Gasteiger partial charge on any atom is -0.324 e. The quantitative estimate of drug-likeness (QED) is 0.821. The van der Waals surface area contributed by atoms with Gasteiger partial charge in [-0.3, -0.25) is 0 Å². The van der Waals surface area contributed by atoms with Gasteiger partial charge in [-0.05, 0) is 35.8 Å². The van der Waals surface area contributed by atoms with Crippen molar-refractivity contribution in [1.29, 1.82) is 0 Å². The molecule has 0 aromatic heterocycles. The summed E-state index contributed by atoms with van der Waals surface area (Å²) in [6, 6.07) is 7.05. The van der Waals surface area contributed by atoms with Gasteiger partial charge in [0, 0.05) is 29.9 Å². The van der Waals surface area contributed by atoms with E-state index in [2.05, 4.69) is 23.5 Å². The molecule has 0 aliphatic carbocycles. The van der Waals surface area contributed by atoms with Gasteiger partial charge in [-0.25, -0.2) is 0 Å². The number of hydrogen-bond acceptors (Lipinski definition) is 3. The lowest BCUT2D eigenvalue weighted by Gasteiger charge is -2.33. The summed E-state index contributed by atoms with van der Waals surface area (Å²) in [5.41, 5.74) is 9.12. The summed E-state index contributed by atoms with van der Waals surface area (Å²) in [6.07, 6.45) is 2.53. The third kappa shape index (κ3) is 1.88. The van der Waals surface area contributed by atoms with Crippen LogP contribution in [0.2, 0.25) is 0 Å². The molecule has 2 aliphatic rings. The summed E-state index contributed by atoms with van der Waals surface area (Å²) in [7, 11) is 0. The first-order valence-corrected chi connectivity index (χ1v) is 7.05. The summed E-state index contributed by atoms with van der Waals surface area (Å²) in [4.78, 5) is 1.47. The lowest BCUT2D eigenvalue weighted by molar-refractivity contribution is 0.294. The molecule has 0 spiro atoms. The van der Waals surface area contributed by atoms with Crippen LogP contribution in [0.5, 0.6) is 0 Å². The minimum absolute atomic E-state index is 0.221. The largest absolute Gasteiger partial charge is 0.324 e. The van der Waals surface area contributed by atoms with Gasteiger partial charge in [-0.2, -0.15) is 0 Å². The summed E-state index contributed by atoms with van der Waals surface area (Å²) in [6.45, 7) is 2.15. The van der Waals surface area contributed by atoms with Crippen molar-refractivity contribution in [3.63, 3.8) is 0 Å². The van der Waals surface area contributed by atoms with E-state index < -0.39 is 0 Å². The Labute approximate surface area is 101 Å². The van der Waals surface area contributed by atoms with Crippen LogP contribution in [0.15, 0.2) is 23.1 Å². The molecule has 1 saturated heterocycles. The van der Waals surface area contributed by atoms with Gasteiger partial charge in [0.25, 0.3) is 0 Å². The van der Waals surface area contributed by atoms with E-state index in [0.29, 0.717) is 5.92 Å². The van der Waals surface area contributed by atoms with Crippen LogP contribution in [0.25, 0.3) is 0 Å². The van der Waals surface area contributed by atoms with Crippen molar-refractivity contribution in [3.8, 4) is 0 Å². The summed E-state index contributed by atoms with van der Waals surface area (Å²) >= 11 is 1.98. The van der Waals surface area contributed by atoms with E-state index in [1.807, 2.05) is 11.8 Å². The Morgan fingerprint density at radius 1 is 1.38 bits per heavy atom. The van der Waals surface area contributed by atoms with Crippen LogP contribution in [0.1, 0.15) is 23.6 Å². The topological polar surface area (TPSA) is 38.0 Å². The Morgan fingerprint density at radius 2 is 2.25 bits per heavy atom. The fraction of sp³-hybridized carbons (Fsp3) is 0.538. The van der Waals surface area contributed by atoms with Crippen molar-refractivity contribution >= 4 is 11.8 Å². The lowest BCUT2D eigenvalue weighted by Crippen LogP contribution is -2.47. The molecule has 1 fully saturated rings. The fourth-order valence-electron chi connectivity index (χ4n) is 2.42. The van der Waals surface area contributed by atoms with Crippen molar-refractivity contribution in [2.24, 2.45) is 11.7 Å². The second kappa shape index (κ2) is 4.40. The Hall–Kier alpha value is -0.510. The smallest absolute Gasteiger partial charge is 0.0348 e. The number of aryl methyl sites for hydroxylation is 1. The Bertz CT molecular complexity index is 388. The average Bonchev–Trinajstić information content (AvgIpc) is 2.26. The maximum absolute atomic E-state index is 6.29. The van der Waals surface area contributed by atoms with Gasteiger partial charge in [0.15, 0.2) is 0 Å². The van der Waals surface area contributed by atoms with Gasteiger partial charge in [0.1, 0.15) is 0 Å². The molecule has 0 bridgehead atoms. The molecule has 2 nitrogen and oxygen atoms in total. The molecule has 1 aromatic rings. The molecule has 2 aliphatic heterocycles. The van der Waals surface area contributed by atoms with E-state index in [9.17, 15) is 0 Å². The summed E-state index contributed by atoms with van der Waals surface area (Å²) < 4.78 is 0. The monoisotopic (exact) mass is 234 g/mol. The van der Waals surface area contributed by atoms with Gasteiger partial charge in [0.05, 0.1) is 0 Å². The van der Waals surface area contributed by atoms with E-state index in [1.54, 1.807) is 0 Å². The van der Waals surface area contributed by atoms with E-state index in [-0.39, 0.29) is 6.04 Å². The van der Waals surface area contributed by atoms with Crippen molar-refractivity contribution in [2.45, 2.75) is 23.8 Å². The first-order chi connectivity index (χ1) is 7.84. The lowest BCUT2D eigenvalue weighted by atomic mass is 9.88. The first kappa shape index (κ1) is 10.6. The zero-order chi connectivity index (χ0) is 11.0. The molecule has 3 rings (SSSR count). The van der Waals surface area contributed by atoms with Gasteiger partial charge in [-0.15, -0.1) is 11.8 Å². The Balaban J connectivity index is 1.84. The van der Waals surface area contributed by atoms with E-state index in [1.165, 1.54) is 34.6 Å². The average molecular weight is 234 g/mol. The molecule has 0 radical (unpaired) electrons. The van der Waals surface area contributed by atoms with Crippen LogP contribution in [-0.2, 0) is 6.42 Å². The Morgan fingerprint density at radius 3 is 3.00 bits per heavy atom. The zero-order valence-electron chi connectivity index (χ0n) is 9.41. The van der Waals surface area contributed by atoms with E-state index in [4.69, 9.17) is 5.73 Å². The second-order valence-electron chi connectivity index (χ2n) is 4.76.